The molecule has 104 valence electrons. The van der Waals surface area contributed by atoms with Crippen LogP contribution in [0.5, 0.6) is 0 Å². The maximum atomic E-state index is 11.2. The van der Waals surface area contributed by atoms with Crippen LogP contribution in [0, 0.1) is 0 Å². The largest absolute Gasteiger partial charge is 0.463 e. The molecule has 6 heteroatoms. The number of esters is 1. The van der Waals surface area contributed by atoms with Crippen molar-refractivity contribution < 1.29 is 14.4 Å². The van der Waals surface area contributed by atoms with Crippen molar-refractivity contribution in [2.75, 3.05) is 26.8 Å². The number of carbonyl (C=O) groups is 1. The number of halogens is 1. The molecule has 0 aliphatic rings. The lowest BCUT2D eigenvalue weighted by Crippen LogP contribution is -2.23. The third-order valence-corrected chi connectivity index (χ3v) is 2.45. The molecular formula is C13H17ClN2O3. The molecule has 0 atom stereocenters. The Bertz CT molecular complexity index is 420. The van der Waals surface area contributed by atoms with Gasteiger partial charge in [-0.05, 0) is 24.7 Å². The van der Waals surface area contributed by atoms with Crippen LogP contribution in [0.25, 0.3) is 5.70 Å². The molecule has 19 heavy (non-hydrogen) atoms. The molecule has 0 radical (unpaired) electrons. The number of rotatable bonds is 8. The fourth-order valence-corrected chi connectivity index (χ4v) is 1.33. The van der Waals surface area contributed by atoms with E-state index in [-0.39, 0.29) is 6.61 Å². The van der Waals surface area contributed by atoms with E-state index in [4.69, 9.17) is 21.2 Å². The van der Waals surface area contributed by atoms with Gasteiger partial charge in [-0.3, -0.25) is 10.3 Å². The van der Waals surface area contributed by atoms with Crippen LogP contribution in [0.4, 0.5) is 0 Å². The number of likely N-dealkylation sites (N-methyl/N-ethyl adjacent to an activating group) is 1. The van der Waals surface area contributed by atoms with Crippen LogP contribution >= 0.6 is 11.6 Å². The summed E-state index contributed by atoms with van der Waals surface area (Å²) in [7, 11) is 1.78. The highest BCUT2D eigenvalue weighted by Gasteiger charge is 2.04. The molecule has 0 heterocycles. The zero-order valence-electron chi connectivity index (χ0n) is 10.7. The number of nitrogens with one attached hydrogen (secondary N) is 2. The molecule has 2 N–H and O–H groups in total. The van der Waals surface area contributed by atoms with E-state index in [1.54, 1.807) is 31.3 Å². The quantitative estimate of drug-likeness (QED) is 0.431. The Kier molecular flexibility index (Phi) is 6.95. The van der Waals surface area contributed by atoms with E-state index in [9.17, 15) is 4.79 Å². The Morgan fingerprint density at radius 3 is 2.68 bits per heavy atom. The standard InChI is InChI=1S/C13H17ClN2O3/c1-10(11-3-5-12(14)6-4-11)16-19-9-13(17)18-8-7-15-2/h3-6,15-16H,1,7-9H2,2H3. The van der Waals surface area contributed by atoms with Crippen molar-refractivity contribution in [1.29, 1.82) is 0 Å². The lowest BCUT2D eigenvalue weighted by molar-refractivity contribution is -0.150. The monoisotopic (exact) mass is 284 g/mol. The third-order valence-electron chi connectivity index (χ3n) is 2.19. The molecule has 1 aromatic carbocycles. The van der Waals surface area contributed by atoms with Crippen LogP contribution in [0.3, 0.4) is 0 Å². The summed E-state index contributed by atoms with van der Waals surface area (Å²) in [5, 5.41) is 3.51. The SMILES string of the molecule is C=C(NOCC(=O)OCCNC)c1ccc(Cl)cc1. The minimum absolute atomic E-state index is 0.184. The Morgan fingerprint density at radius 2 is 2.05 bits per heavy atom. The Labute approximate surface area is 117 Å². The summed E-state index contributed by atoms with van der Waals surface area (Å²) in [4.78, 5) is 16.2. The van der Waals surface area contributed by atoms with E-state index in [1.807, 2.05) is 0 Å². The predicted molar refractivity (Wildman–Crippen MR) is 74.5 cm³/mol. The van der Waals surface area contributed by atoms with Gasteiger partial charge >= 0.3 is 5.97 Å². The van der Waals surface area contributed by atoms with E-state index in [2.05, 4.69) is 17.4 Å². The lowest BCUT2D eigenvalue weighted by atomic mass is 10.2. The molecule has 0 saturated carbocycles. The average Bonchev–Trinajstić information content (AvgIpc) is 2.39. The Morgan fingerprint density at radius 1 is 1.37 bits per heavy atom. The van der Waals surface area contributed by atoms with Gasteiger partial charge in [0.1, 0.15) is 6.61 Å². The molecule has 0 spiro atoms. The van der Waals surface area contributed by atoms with Gasteiger partial charge in [-0.2, -0.15) is 0 Å². The molecule has 0 aromatic heterocycles. The fourth-order valence-electron chi connectivity index (χ4n) is 1.20. The second kappa shape index (κ2) is 8.53. The highest BCUT2D eigenvalue weighted by Crippen LogP contribution is 2.14. The first-order valence-electron chi connectivity index (χ1n) is 5.76. The van der Waals surface area contributed by atoms with Crippen molar-refractivity contribution in [3.05, 3.63) is 41.4 Å². The summed E-state index contributed by atoms with van der Waals surface area (Å²) < 4.78 is 4.87. The van der Waals surface area contributed by atoms with Gasteiger partial charge in [0.15, 0.2) is 6.61 Å². The number of hydrogen-bond donors (Lipinski definition) is 2. The predicted octanol–water partition coefficient (Wildman–Crippen LogP) is 1.59. The molecule has 1 rings (SSSR count). The summed E-state index contributed by atoms with van der Waals surface area (Å²) in [6, 6.07) is 7.09. The minimum Gasteiger partial charge on any atom is -0.463 e. The van der Waals surface area contributed by atoms with E-state index < -0.39 is 5.97 Å². The van der Waals surface area contributed by atoms with Crippen LogP contribution in [-0.4, -0.2) is 32.8 Å². The third kappa shape index (κ3) is 6.24. The van der Waals surface area contributed by atoms with Gasteiger partial charge in [-0.15, -0.1) is 0 Å². The Hall–Kier alpha value is -1.56. The van der Waals surface area contributed by atoms with Crippen LogP contribution in [0.2, 0.25) is 5.02 Å². The van der Waals surface area contributed by atoms with Crippen molar-refractivity contribution in [2.24, 2.45) is 0 Å². The van der Waals surface area contributed by atoms with Gasteiger partial charge in [0, 0.05) is 11.6 Å². The zero-order chi connectivity index (χ0) is 14.1. The summed E-state index contributed by atoms with van der Waals surface area (Å²) in [5.74, 6) is -0.438. The number of hydrogen-bond acceptors (Lipinski definition) is 5. The van der Waals surface area contributed by atoms with Crippen molar-refractivity contribution in [2.45, 2.75) is 0 Å². The number of ether oxygens (including phenoxy) is 1. The summed E-state index contributed by atoms with van der Waals surface area (Å²) in [5.41, 5.74) is 3.95. The Balaban J connectivity index is 2.23. The topological polar surface area (TPSA) is 59.6 Å². The first kappa shape index (κ1) is 15.5. The molecule has 0 aliphatic heterocycles. The van der Waals surface area contributed by atoms with Gasteiger partial charge < -0.3 is 10.1 Å². The summed E-state index contributed by atoms with van der Waals surface area (Å²) >= 11 is 5.78. The van der Waals surface area contributed by atoms with Crippen LogP contribution < -0.4 is 10.8 Å². The van der Waals surface area contributed by atoms with Crippen LogP contribution in [0.1, 0.15) is 5.56 Å². The van der Waals surface area contributed by atoms with Gasteiger partial charge in [0.25, 0.3) is 0 Å². The second-order valence-corrected chi connectivity index (χ2v) is 4.14. The zero-order valence-corrected chi connectivity index (χ0v) is 11.5. The molecule has 0 unspecified atom stereocenters. The summed E-state index contributed by atoms with van der Waals surface area (Å²) in [6.45, 7) is 4.53. The minimum atomic E-state index is -0.438. The molecule has 0 fully saturated rings. The van der Waals surface area contributed by atoms with Gasteiger partial charge in [0.05, 0.1) is 5.70 Å². The lowest BCUT2D eigenvalue weighted by Gasteiger charge is -2.10. The molecule has 1 aromatic rings. The average molecular weight is 285 g/mol. The summed E-state index contributed by atoms with van der Waals surface area (Å²) in [6.07, 6.45) is 0. The molecule has 5 nitrogen and oxygen atoms in total. The van der Waals surface area contributed by atoms with E-state index >= 15 is 0 Å². The second-order valence-electron chi connectivity index (χ2n) is 3.70. The maximum Gasteiger partial charge on any atom is 0.334 e. The van der Waals surface area contributed by atoms with Gasteiger partial charge in [-0.1, -0.05) is 30.3 Å². The van der Waals surface area contributed by atoms with Crippen molar-refractivity contribution >= 4 is 23.3 Å². The number of carbonyl (C=O) groups excluding carboxylic acids is 1. The van der Waals surface area contributed by atoms with Crippen LogP contribution in [-0.2, 0) is 14.4 Å². The van der Waals surface area contributed by atoms with Gasteiger partial charge in [-0.25, -0.2) is 4.79 Å². The first-order valence-corrected chi connectivity index (χ1v) is 6.14. The van der Waals surface area contributed by atoms with Crippen LogP contribution in [0.15, 0.2) is 30.8 Å². The van der Waals surface area contributed by atoms with Crippen molar-refractivity contribution in [3.63, 3.8) is 0 Å². The number of hydroxylamine groups is 1. The maximum absolute atomic E-state index is 11.2. The van der Waals surface area contributed by atoms with E-state index in [0.717, 1.165) is 5.56 Å². The molecule has 0 saturated heterocycles. The number of benzene rings is 1. The highest BCUT2D eigenvalue weighted by molar-refractivity contribution is 6.30. The normalized spacial score (nSPS) is 10.0. The van der Waals surface area contributed by atoms with Gasteiger partial charge in [0.2, 0.25) is 0 Å². The molecule has 0 aliphatic carbocycles. The fraction of sp³-hybridized carbons (Fsp3) is 0.308. The van der Waals surface area contributed by atoms with Crippen molar-refractivity contribution in [3.8, 4) is 0 Å². The smallest absolute Gasteiger partial charge is 0.334 e. The highest BCUT2D eigenvalue weighted by atomic mass is 35.5. The van der Waals surface area contributed by atoms with E-state index in [1.165, 1.54) is 0 Å². The molecular weight excluding hydrogens is 268 g/mol. The van der Waals surface area contributed by atoms with Crippen molar-refractivity contribution in [1.82, 2.24) is 10.8 Å². The molecule has 0 bridgehead atoms. The molecule has 0 amide bonds. The first-order chi connectivity index (χ1) is 9.13. The van der Waals surface area contributed by atoms with E-state index in [0.29, 0.717) is 23.9 Å².